The summed E-state index contributed by atoms with van der Waals surface area (Å²) in [6.07, 6.45) is 1.80. The van der Waals surface area contributed by atoms with Gasteiger partial charge in [0.25, 0.3) is 0 Å². The highest BCUT2D eigenvalue weighted by Crippen LogP contribution is 2.28. The maximum Gasteiger partial charge on any atom is 0.213 e. The zero-order chi connectivity index (χ0) is 11.3. The SMILES string of the molecule is CCC[C@@](C)(C[N+](=O)[O-])c1ccccc1. The molecule has 1 aromatic rings. The Bertz CT molecular complexity index is 324. The number of hydrogen-bond acceptors (Lipinski definition) is 2. The van der Waals surface area contributed by atoms with E-state index in [0.717, 1.165) is 18.4 Å². The van der Waals surface area contributed by atoms with E-state index < -0.39 is 0 Å². The zero-order valence-electron chi connectivity index (χ0n) is 9.27. The molecule has 1 rings (SSSR count). The van der Waals surface area contributed by atoms with Crippen molar-refractivity contribution in [3.8, 4) is 0 Å². The number of benzene rings is 1. The Hall–Kier alpha value is -1.38. The molecule has 0 spiro atoms. The highest BCUT2D eigenvalue weighted by molar-refractivity contribution is 5.24. The predicted octanol–water partition coefficient (Wildman–Crippen LogP) is 3.02. The fourth-order valence-corrected chi connectivity index (χ4v) is 1.99. The molecule has 0 aromatic heterocycles. The number of nitrogens with zero attached hydrogens (tertiary/aromatic N) is 1. The summed E-state index contributed by atoms with van der Waals surface area (Å²) < 4.78 is 0. The minimum atomic E-state index is -0.334. The van der Waals surface area contributed by atoms with Crippen molar-refractivity contribution in [1.82, 2.24) is 0 Å². The second kappa shape index (κ2) is 4.91. The standard InChI is InChI=1S/C12H17NO2/c1-3-9-12(2,10-13(14)15)11-7-5-4-6-8-11/h4-8H,3,9-10H2,1-2H3/t12-/m0/s1. The van der Waals surface area contributed by atoms with Crippen LogP contribution in [-0.4, -0.2) is 11.5 Å². The Morgan fingerprint density at radius 1 is 1.33 bits per heavy atom. The lowest BCUT2D eigenvalue weighted by molar-refractivity contribution is -0.490. The van der Waals surface area contributed by atoms with Crippen LogP contribution in [0.3, 0.4) is 0 Å². The first-order chi connectivity index (χ1) is 7.08. The average molecular weight is 207 g/mol. The van der Waals surface area contributed by atoms with E-state index in [-0.39, 0.29) is 16.9 Å². The molecule has 0 aliphatic rings. The molecule has 1 atom stereocenters. The molecule has 82 valence electrons. The van der Waals surface area contributed by atoms with Crippen LogP contribution in [0, 0.1) is 10.1 Å². The van der Waals surface area contributed by atoms with Crippen LogP contribution in [0.1, 0.15) is 32.3 Å². The molecule has 0 N–H and O–H groups in total. The summed E-state index contributed by atoms with van der Waals surface area (Å²) in [5, 5.41) is 10.7. The highest BCUT2D eigenvalue weighted by atomic mass is 16.6. The average Bonchev–Trinajstić information content (AvgIpc) is 2.18. The molecule has 0 saturated carbocycles. The summed E-state index contributed by atoms with van der Waals surface area (Å²) in [5.41, 5.74) is 0.725. The van der Waals surface area contributed by atoms with Gasteiger partial charge in [0.15, 0.2) is 0 Å². The second-order valence-corrected chi connectivity index (χ2v) is 4.17. The third-order valence-corrected chi connectivity index (χ3v) is 2.75. The lowest BCUT2D eigenvalue weighted by atomic mass is 9.79. The summed E-state index contributed by atoms with van der Waals surface area (Å²) in [6, 6.07) is 9.74. The van der Waals surface area contributed by atoms with Crippen molar-refractivity contribution in [2.24, 2.45) is 0 Å². The molecule has 0 amide bonds. The van der Waals surface area contributed by atoms with E-state index in [4.69, 9.17) is 0 Å². The first-order valence-electron chi connectivity index (χ1n) is 5.26. The summed E-state index contributed by atoms with van der Waals surface area (Å²) >= 11 is 0. The van der Waals surface area contributed by atoms with Gasteiger partial charge >= 0.3 is 0 Å². The molecule has 0 unspecified atom stereocenters. The first kappa shape index (κ1) is 11.7. The quantitative estimate of drug-likeness (QED) is 0.550. The van der Waals surface area contributed by atoms with Gasteiger partial charge in [0.2, 0.25) is 6.54 Å². The van der Waals surface area contributed by atoms with Crippen LogP contribution in [-0.2, 0) is 5.41 Å². The largest absolute Gasteiger partial charge is 0.265 e. The Labute approximate surface area is 90.3 Å². The molecule has 3 nitrogen and oxygen atoms in total. The van der Waals surface area contributed by atoms with E-state index in [2.05, 4.69) is 6.92 Å². The molecule has 1 aromatic carbocycles. The summed E-state index contributed by atoms with van der Waals surface area (Å²) in [7, 11) is 0. The topological polar surface area (TPSA) is 43.1 Å². The van der Waals surface area contributed by atoms with Crippen molar-refractivity contribution in [3.63, 3.8) is 0 Å². The number of nitro groups is 1. The van der Waals surface area contributed by atoms with E-state index >= 15 is 0 Å². The molecule has 0 radical (unpaired) electrons. The summed E-state index contributed by atoms with van der Waals surface area (Å²) in [6.45, 7) is 4.03. The van der Waals surface area contributed by atoms with Crippen LogP contribution in [0.25, 0.3) is 0 Å². The minimum absolute atomic E-state index is 0.00481. The van der Waals surface area contributed by atoms with Crippen molar-refractivity contribution < 1.29 is 4.92 Å². The van der Waals surface area contributed by atoms with Crippen LogP contribution in [0.2, 0.25) is 0 Å². The van der Waals surface area contributed by atoms with Gasteiger partial charge in [-0.15, -0.1) is 0 Å². The maximum absolute atomic E-state index is 10.7. The maximum atomic E-state index is 10.7. The van der Waals surface area contributed by atoms with Crippen molar-refractivity contribution in [2.45, 2.75) is 32.1 Å². The molecule has 0 aliphatic heterocycles. The molecule has 0 fully saturated rings. The van der Waals surface area contributed by atoms with Gasteiger partial charge in [0, 0.05) is 4.92 Å². The van der Waals surface area contributed by atoms with Crippen molar-refractivity contribution >= 4 is 0 Å². The Kier molecular flexibility index (Phi) is 3.83. The van der Waals surface area contributed by atoms with Gasteiger partial charge in [-0.05, 0) is 18.9 Å². The fraction of sp³-hybridized carbons (Fsp3) is 0.500. The normalized spacial score (nSPS) is 14.5. The third kappa shape index (κ3) is 3.05. The van der Waals surface area contributed by atoms with Gasteiger partial charge < -0.3 is 0 Å². The molecule has 3 heteroatoms. The zero-order valence-corrected chi connectivity index (χ0v) is 9.27. The van der Waals surface area contributed by atoms with E-state index in [0.29, 0.717) is 0 Å². The van der Waals surface area contributed by atoms with Crippen LogP contribution in [0.15, 0.2) is 30.3 Å². The van der Waals surface area contributed by atoms with Crippen LogP contribution >= 0.6 is 0 Å². The second-order valence-electron chi connectivity index (χ2n) is 4.17. The van der Waals surface area contributed by atoms with E-state index in [1.54, 1.807) is 0 Å². The molecule has 0 bridgehead atoms. The summed E-state index contributed by atoms with van der Waals surface area (Å²) in [5.74, 6) is 0. The van der Waals surface area contributed by atoms with Gasteiger partial charge in [-0.25, -0.2) is 0 Å². The molecule has 0 heterocycles. The lowest BCUT2D eigenvalue weighted by Crippen LogP contribution is -2.31. The predicted molar refractivity (Wildman–Crippen MR) is 60.6 cm³/mol. The summed E-state index contributed by atoms with van der Waals surface area (Å²) in [4.78, 5) is 10.4. The molecule has 15 heavy (non-hydrogen) atoms. The number of hydrogen-bond donors (Lipinski definition) is 0. The van der Waals surface area contributed by atoms with Crippen LogP contribution in [0.4, 0.5) is 0 Å². The smallest absolute Gasteiger partial charge is 0.213 e. The molecule has 0 aliphatic carbocycles. The molecular formula is C12H17NO2. The Balaban J connectivity index is 2.95. The van der Waals surface area contributed by atoms with Crippen molar-refractivity contribution in [1.29, 1.82) is 0 Å². The van der Waals surface area contributed by atoms with E-state index in [9.17, 15) is 10.1 Å². The number of rotatable bonds is 5. The monoisotopic (exact) mass is 207 g/mol. The first-order valence-corrected chi connectivity index (χ1v) is 5.26. The van der Waals surface area contributed by atoms with Gasteiger partial charge in [-0.3, -0.25) is 10.1 Å². The van der Waals surface area contributed by atoms with Crippen LogP contribution in [0.5, 0.6) is 0 Å². The molecular weight excluding hydrogens is 190 g/mol. The lowest BCUT2D eigenvalue weighted by Gasteiger charge is -2.25. The minimum Gasteiger partial charge on any atom is -0.265 e. The Morgan fingerprint density at radius 2 is 1.93 bits per heavy atom. The molecule has 0 saturated heterocycles. The van der Waals surface area contributed by atoms with Gasteiger partial charge in [0.05, 0.1) is 5.41 Å². The Morgan fingerprint density at radius 3 is 2.40 bits per heavy atom. The van der Waals surface area contributed by atoms with Crippen molar-refractivity contribution in [2.75, 3.05) is 6.54 Å². The van der Waals surface area contributed by atoms with E-state index in [1.165, 1.54) is 0 Å². The van der Waals surface area contributed by atoms with Crippen molar-refractivity contribution in [3.05, 3.63) is 46.0 Å². The van der Waals surface area contributed by atoms with Gasteiger partial charge in [0.1, 0.15) is 0 Å². The third-order valence-electron chi connectivity index (χ3n) is 2.75. The van der Waals surface area contributed by atoms with Gasteiger partial charge in [-0.2, -0.15) is 0 Å². The highest BCUT2D eigenvalue weighted by Gasteiger charge is 2.31. The van der Waals surface area contributed by atoms with E-state index in [1.807, 2.05) is 37.3 Å². The van der Waals surface area contributed by atoms with Crippen LogP contribution < -0.4 is 0 Å². The fourth-order valence-electron chi connectivity index (χ4n) is 1.99. The van der Waals surface area contributed by atoms with Gasteiger partial charge in [-0.1, -0.05) is 43.7 Å².